The predicted octanol–water partition coefficient (Wildman–Crippen LogP) is 1.72. The van der Waals surface area contributed by atoms with Gasteiger partial charge in [-0.15, -0.1) is 0 Å². The molecule has 0 unspecified atom stereocenters. The van der Waals surface area contributed by atoms with Crippen molar-refractivity contribution in [2.75, 3.05) is 6.61 Å². The Hall–Kier alpha value is -1.77. The van der Waals surface area contributed by atoms with E-state index in [2.05, 4.69) is 0 Å². The molecule has 0 fully saturated rings. The zero-order chi connectivity index (χ0) is 9.97. The van der Waals surface area contributed by atoms with Crippen LogP contribution in [0.3, 0.4) is 0 Å². The smallest absolute Gasteiger partial charge is 0.169 e. The fourth-order valence-electron chi connectivity index (χ4n) is 1.36. The van der Waals surface area contributed by atoms with E-state index < -0.39 is 0 Å². The zero-order valence-electron chi connectivity index (χ0n) is 7.56. The van der Waals surface area contributed by atoms with Crippen LogP contribution in [0.15, 0.2) is 30.5 Å². The SMILES string of the molecule is O=C1CCOC=C1c1ccc(O)cc1. The van der Waals surface area contributed by atoms with Gasteiger partial charge in [-0.2, -0.15) is 0 Å². The second-order valence-corrected chi connectivity index (χ2v) is 3.12. The number of rotatable bonds is 1. The number of Topliss-reactive ketones (excluding diaryl/α,β-unsaturated/α-hetero) is 1. The van der Waals surface area contributed by atoms with Crippen LogP contribution < -0.4 is 0 Å². The molecule has 0 atom stereocenters. The molecular weight excluding hydrogens is 180 g/mol. The summed E-state index contributed by atoms with van der Waals surface area (Å²) in [5.74, 6) is 0.278. The van der Waals surface area contributed by atoms with Crippen molar-refractivity contribution < 1.29 is 14.6 Å². The maximum absolute atomic E-state index is 11.5. The molecule has 1 heterocycles. The molecule has 1 aromatic carbocycles. The summed E-state index contributed by atoms with van der Waals surface area (Å²) in [7, 11) is 0. The van der Waals surface area contributed by atoms with E-state index in [0.717, 1.165) is 5.56 Å². The summed E-state index contributed by atoms with van der Waals surface area (Å²) in [6.07, 6.45) is 1.91. The van der Waals surface area contributed by atoms with E-state index in [9.17, 15) is 4.79 Å². The molecule has 0 aliphatic carbocycles. The average molecular weight is 190 g/mol. The van der Waals surface area contributed by atoms with Gasteiger partial charge in [0, 0.05) is 6.42 Å². The van der Waals surface area contributed by atoms with Crippen molar-refractivity contribution in [2.24, 2.45) is 0 Å². The third-order valence-electron chi connectivity index (χ3n) is 2.13. The number of phenolic OH excluding ortho intramolecular Hbond substituents is 1. The number of allylic oxidation sites excluding steroid dienone is 1. The van der Waals surface area contributed by atoms with Crippen molar-refractivity contribution in [3.05, 3.63) is 36.1 Å². The lowest BCUT2D eigenvalue weighted by atomic mass is 10.0. The van der Waals surface area contributed by atoms with Gasteiger partial charge in [0.15, 0.2) is 5.78 Å². The average Bonchev–Trinajstić information content (AvgIpc) is 2.20. The minimum atomic E-state index is 0.0851. The topological polar surface area (TPSA) is 46.5 Å². The molecule has 0 saturated heterocycles. The number of benzene rings is 1. The fraction of sp³-hybridized carbons (Fsp3) is 0.182. The second kappa shape index (κ2) is 3.54. The number of carbonyl (C=O) groups is 1. The molecule has 0 saturated carbocycles. The minimum absolute atomic E-state index is 0.0851. The molecule has 1 aliphatic rings. The molecule has 2 rings (SSSR count). The molecular formula is C11H10O3. The molecule has 0 spiro atoms. The van der Waals surface area contributed by atoms with Gasteiger partial charge < -0.3 is 9.84 Å². The maximum Gasteiger partial charge on any atom is 0.169 e. The largest absolute Gasteiger partial charge is 0.508 e. The van der Waals surface area contributed by atoms with Gasteiger partial charge >= 0.3 is 0 Å². The first kappa shape index (κ1) is 8.81. The molecule has 1 N–H and O–H groups in total. The molecule has 0 bridgehead atoms. The Morgan fingerprint density at radius 1 is 1.21 bits per heavy atom. The first-order valence-corrected chi connectivity index (χ1v) is 4.42. The first-order valence-electron chi connectivity index (χ1n) is 4.42. The summed E-state index contributed by atoms with van der Waals surface area (Å²) in [6.45, 7) is 0.459. The van der Waals surface area contributed by atoms with Crippen molar-refractivity contribution in [3.8, 4) is 5.75 Å². The highest BCUT2D eigenvalue weighted by Crippen LogP contribution is 2.22. The Labute approximate surface area is 81.6 Å². The van der Waals surface area contributed by atoms with Crippen LogP contribution >= 0.6 is 0 Å². The summed E-state index contributed by atoms with van der Waals surface area (Å²) in [6, 6.07) is 6.51. The third-order valence-corrected chi connectivity index (χ3v) is 2.13. The molecule has 0 aromatic heterocycles. The quantitative estimate of drug-likeness (QED) is 0.733. The van der Waals surface area contributed by atoms with Crippen molar-refractivity contribution in [3.63, 3.8) is 0 Å². The molecule has 72 valence electrons. The van der Waals surface area contributed by atoms with Gasteiger partial charge in [-0.05, 0) is 17.7 Å². The fourth-order valence-corrected chi connectivity index (χ4v) is 1.36. The number of aromatic hydroxyl groups is 1. The van der Waals surface area contributed by atoms with Crippen LogP contribution in [0.5, 0.6) is 5.75 Å². The highest BCUT2D eigenvalue weighted by atomic mass is 16.5. The summed E-state index contributed by atoms with van der Waals surface area (Å²) >= 11 is 0. The molecule has 14 heavy (non-hydrogen) atoms. The summed E-state index contributed by atoms with van der Waals surface area (Å²) in [5, 5.41) is 9.09. The van der Waals surface area contributed by atoms with Gasteiger partial charge in [0.25, 0.3) is 0 Å². The minimum Gasteiger partial charge on any atom is -0.508 e. The van der Waals surface area contributed by atoms with Crippen molar-refractivity contribution in [1.29, 1.82) is 0 Å². The summed E-state index contributed by atoms with van der Waals surface area (Å²) < 4.78 is 5.09. The van der Waals surface area contributed by atoms with E-state index in [-0.39, 0.29) is 11.5 Å². The lowest BCUT2D eigenvalue weighted by molar-refractivity contribution is -0.115. The Balaban J connectivity index is 2.34. The van der Waals surface area contributed by atoms with Gasteiger partial charge in [0.05, 0.1) is 18.4 Å². The van der Waals surface area contributed by atoms with Crippen molar-refractivity contribution in [2.45, 2.75) is 6.42 Å². The van der Waals surface area contributed by atoms with Gasteiger partial charge in [-0.3, -0.25) is 4.79 Å². The Bertz CT molecular complexity index is 376. The van der Waals surface area contributed by atoms with Crippen LogP contribution in [0.25, 0.3) is 5.57 Å². The molecule has 3 heteroatoms. The van der Waals surface area contributed by atoms with Gasteiger partial charge in [0.2, 0.25) is 0 Å². The standard InChI is InChI=1S/C11H10O3/c12-9-3-1-8(2-4-9)10-7-14-6-5-11(10)13/h1-4,7,12H,5-6H2. The van der Waals surface area contributed by atoms with Gasteiger partial charge in [-0.1, -0.05) is 12.1 Å². The Morgan fingerprint density at radius 2 is 1.93 bits per heavy atom. The maximum atomic E-state index is 11.5. The molecule has 1 aliphatic heterocycles. The van der Waals surface area contributed by atoms with E-state index in [0.29, 0.717) is 18.6 Å². The van der Waals surface area contributed by atoms with Crippen LogP contribution in [0.2, 0.25) is 0 Å². The normalized spacial score (nSPS) is 16.0. The van der Waals surface area contributed by atoms with Crippen LogP contribution in [-0.4, -0.2) is 17.5 Å². The number of hydrogen-bond acceptors (Lipinski definition) is 3. The van der Waals surface area contributed by atoms with Gasteiger partial charge in [0.1, 0.15) is 5.75 Å². The van der Waals surface area contributed by atoms with Crippen molar-refractivity contribution >= 4 is 11.4 Å². The van der Waals surface area contributed by atoms with Crippen molar-refractivity contribution in [1.82, 2.24) is 0 Å². The Kier molecular flexibility index (Phi) is 2.23. The van der Waals surface area contributed by atoms with Crippen LogP contribution in [0.1, 0.15) is 12.0 Å². The van der Waals surface area contributed by atoms with Gasteiger partial charge in [-0.25, -0.2) is 0 Å². The number of phenols is 1. The lowest BCUT2D eigenvalue weighted by Crippen LogP contribution is -2.10. The highest BCUT2D eigenvalue weighted by molar-refractivity contribution is 6.20. The highest BCUT2D eigenvalue weighted by Gasteiger charge is 2.15. The molecule has 3 nitrogen and oxygen atoms in total. The van der Waals surface area contributed by atoms with Crippen LogP contribution in [0.4, 0.5) is 0 Å². The van der Waals surface area contributed by atoms with E-state index in [1.165, 1.54) is 6.26 Å². The van der Waals surface area contributed by atoms with Crippen LogP contribution in [0, 0.1) is 0 Å². The molecule has 0 amide bonds. The van der Waals surface area contributed by atoms with E-state index >= 15 is 0 Å². The van der Waals surface area contributed by atoms with Crippen LogP contribution in [-0.2, 0) is 9.53 Å². The molecule has 1 aromatic rings. The summed E-state index contributed by atoms with van der Waals surface area (Å²) in [4.78, 5) is 11.5. The number of ketones is 1. The Morgan fingerprint density at radius 3 is 2.57 bits per heavy atom. The number of hydrogen-bond donors (Lipinski definition) is 1. The number of ether oxygens (including phenoxy) is 1. The number of carbonyl (C=O) groups excluding carboxylic acids is 1. The van der Waals surface area contributed by atoms with E-state index in [4.69, 9.17) is 9.84 Å². The zero-order valence-corrected chi connectivity index (χ0v) is 7.56. The third kappa shape index (κ3) is 1.62. The summed E-state index contributed by atoms with van der Waals surface area (Å²) in [5.41, 5.74) is 1.36. The predicted molar refractivity (Wildman–Crippen MR) is 51.7 cm³/mol. The first-order chi connectivity index (χ1) is 6.77. The van der Waals surface area contributed by atoms with E-state index in [1.54, 1.807) is 24.3 Å². The second-order valence-electron chi connectivity index (χ2n) is 3.12. The van der Waals surface area contributed by atoms with E-state index in [1.807, 2.05) is 0 Å². The monoisotopic (exact) mass is 190 g/mol. The lowest BCUT2D eigenvalue weighted by Gasteiger charge is -2.12. The molecule has 0 radical (unpaired) electrons.